The molecule has 0 heterocycles. The Morgan fingerprint density at radius 2 is 1.81 bits per heavy atom. The molecule has 0 aromatic heterocycles. The molecule has 1 N–H and O–H groups in total. The molecule has 0 atom stereocenters. The largest absolute Gasteiger partial charge is 0.478 e. The minimum Gasteiger partial charge on any atom is -0.478 e. The Labute approximate surface area is 144 Å². The van der Waals surface area contributed by atoms with Gasteiger partial charge in [0.25, 0.3) is 5.91 Å². The van der Waals surface area contributed by atoms with Crippen LogP contribution in [-0.2, 0) is 0 Å². The monoisotopic (exact) mass is 459 g/mol. The molecule has 21 heavy (non-hydrogen) atoms. The van der Waals surface area contributed by atoms with Crippen LogP contribution in [0.5, 0.6) is 0 Å². The van der Waals surface area contributed by atoms with Crippen molar-refractivity contribution in [1.82, 2.24) is 0 Å². The van der Waals surface area contributed by atoms with Crippen LogP contribution in [0.15, 0.2) is 46.9 Å². The average Bonchev–Trinajstić information content (AvgIpc) is 2.48. The van der Waals surface area contributed by atoms with Crippen LogP contribution in [0.1, 0.15) is 20.7 Å². The van der Waals surface area contributed by atoms with Gasteiger partial charge in [0, 0.05) is 15.1 Å². The van der Waals surface area contributed by atoms with E-state index < -0.39 is 5.97 Å². The molecule has 108 valence electrons. The molecule has 0 aliphatic rings. The first kappa shape index (κ1) is 16.0. The van der Waals surface area contributed by atoms with Gasteiger partial charge in [0.1, 0.15) is 0 Å². The number of carboxylic acid groups (broad SMARTS) is 1. The van der Waals surface area contributed by atoms with E-state index in [0.717, 1.165) is 8.04 Å². The molecule has 2 rings (SSSR count). The van der Waals surface area contributed by atoms with Crippen LogP contribution in [0.2, 0.25) is 0 Å². The zero-order chi connectivity index (χ0) is 15.6. The molecule has 0 unspecified atom stereocenters. The number of halogens is 2. The number of anilines is 1. The molecule has 0 saturated heterocycles. The molecule has 0 fully saturated rings. The molecule has 6 heteroatoms. The Kier molecular flexibility index (Phi) is 5.00. The standard InChI is InChI=1S/C15H11BrINO3/c1-18(13-5-3-2-4-10(13)15(20)21)14(19)11-8-9(16)6-7-12(11)17/h2-8H,1H3,(H,20,21). The van der Waals surface area contributed by atoms with E-state index in [4.69, 9.17) is 0 Å². The highest BCUT2D eigenvalue weighted by atomic mass is 127. The number of nitrogens with zero attached hydrogens (tertiary/aromatic N) is 1. The smallest absolute Gasteiger partial charge is 0.337 e. The summed E-state index contributed by atoms with van der Waals surface area (Å²) in [7, 11) is 1.57. The molecule has 1 amide bonds. The van der Waals surface area contributed by atoms with Gasteiger partial charge in [-0.2, -0.15) is 0 Å². The SMILES string of the molecule is CN(C(=O)c1cc(Br)ccc1I)c1ccccc1C(=O)O. The maximum absolute atomic E-state index is 12.6. The van der Waals surface area contributed by atoms with Crippen LogP contribution in [0.25, 0.3) is 0 Å². The lowest BCUT2D eigenvalue weighted by atomic mass is 10.1. The van der Waals surface area contributed by atoms with Crippen molar-refractivity contribution in [1.29, 1.82) is 0 Å². The lowest BCUT2D eigenvalue weighted by Crippen LogP contribution is -2.28. The molecule has 4 nitrogen and oxygen atoms in total. The summed E-state index contributed by atoms with van der Waals surface area (Å²) in [6, 6.07) is 11.8. The van der Waals surface area contributed by atoms with Gasteiger partial charge in [-0.05, 0) is 52.9 Å². The summed E-state index contributed by atoms with van der Waals surface area (Å²) in [5, 5.41) is 9.22. The summed E-state index contributed by atoms with van der Waals surface area (Å²) in [5.74, 6) is -1.32. The molecule has 0 aliphatic heterocycles. The fourth-order valence-electron chi connectivity index (χ4n) is 1.90. The van der Waals surface area contributed by atoms with Gasteiger partial charge in [-0.15, -0.1) is 0 Å². The molecule has 2 aromatic rings. The van der Waals surface area contributed by atoms with E-state index in [2.05, 4.69) is 38.5 Å². The van der Waals surface area contributed by atoms with Crippen molar-refractivity contribution in [2.45, 2.75) is 0 Å². The third kappa shape index (κ3) is 3.44. The third-order valence-electron chi connectivity index (χ3n) is 2.96. The maximum Gasteiger partial charge on any atom is 0.337 e. The molecule has 0 aliphatic carbocycles. The van der Waals surface area contributed by atoms with E-state index in [-0.39, 0.29) is 11.5 Å². The minimum absolute atomic E-state index is 0.0957. The zero-order valence-electron chi connectivity index (χ0n) is 11.0. The Morgan fingerprint density at radius 3 is 2.48 bits per heavy atom. The molecule has 0 spiro atoms. The van der Waals surface area contributed by atoms with Gasteiger partial charge in [-0.1, -0.05) is 28.1 Å². The number of aromatic carboxylic acids is 1. The van der Waals surface area contributed by atoms with Gasteiger partial charge in [0.15, 0.2) is 0 Å². The van der Waals surface area contributed by atoms with E-state index >= 15 is 0 Å². The van der Waals surface area contributed by atoms with E-state index in [1.165, 1.54) is 11.0 Å². The number of amides is 1. The van der Waals surface area contributed by atoms with Crippen molar-refractivity contribution in [3.8, 4) is 0 Å². The molecule has 0 bridgehead atoms. The van der Waals surface area contributed by atoms with Gasteiger partial charge < -0.3 is 10.0 Å². The number of para-hydroxylation sites is 1. The molecular formula is C15H11BrINO3. The van der Waals surface area contributed by atoms with Crippen molar-refractivity contribution >= 4 is 56.1 Å². The number of rotatable bonds is 3. The Balaban J connectivity index is 2.45. The van der Waals surface area contributed by atoms with Gasteiger partial charge >= 0.3 is 5.97 Å². The van der Waals surface area contributed by atoms with Crippen molar-refractivity contribution in [2.75, 3.05) is 11.9 Å². The molecular weight excluding hydrogens is 449 g/mol. The fourth-order valence-corrected chi connectivity index (χ4v) is 2.83. The Bertz CT molecular complexity index is 718. The minimum atomic E-state index is -1.06. The first-order chi connectivity index (χ1) is 9.91. The second-order valence-corrected chi connectivity index (χ2v) is 6.39. The highest BCUT2D eigenvalue weighted by molar-refractivity contribution is 14.1. The summed E-state index contributed by atoms with van der Waals surface area (Å²) in [4.78, 5) is 25.2. The first-order valence-corrected chi connectivity index (χ1v) is 7.84. The second-order valence-electron chi connectivity index (χ2n) is 4.31. The summed E-state index contributed by atoms with van der Waals surface area (Å²) in [5.41, 5.74) is 0.983. The first-order valence-electron chi connectivity index (χ1n) is 5.97. The molecule has 2 aromatic carbocycles. The summed E-state index contributed by atoms with van der Waals surface area (Å²) < 4.78 is 1.60. The number of carbonyl (C=O) groups is 2. The lowest BCUT2D eigenvalue weighted by molar-refractivity contribution is 0.0697. The van der Waals surface area contributed by atoms with Crippen molar-refractivity contribution in [2.24, 2.45) is 0 Å². The topological polar surface area (TPSA) is 57.6 Å². The Hall–Kier alpha value is -1.41. The van der Waals surface area contributed by atoms with Crippen LogP contribution < -0.4 is 4.90 Å². The normalized spacial score (nSPS) is 10.2. The number of hydrogen-bond donors (Lipinski definition) is 1. The van der Waals surface area contributed by atoms with Gasteiger partial charge in [-0.3, -0.25) is 4.79 Å². The van der Waals surface area contributed by atoms with E-state index in [1.54, 1.807) is 31.3 Å². The van der Waals surface area contributed by atoms with Crippen LogP contribution in [0.3, 0.4) is 0 Å². The summed E-state index contributed by atoms with van der Waals surface area (Å²) in [6.07, 6.45) is 0. The van der Waals surface area contributed by atoms with Crippen LogP contribution in [-0.4, -0.2) is 24.0 Å². The average molecular weight is 460 g/mol. The van der Waals surface area contributed by atoms with E-state index in [9.17, 15) is 14.7 Å². The van der Waals surface area contributed by atoms with E-state index in [0.29, 0.717) is 11.3 Å². The maximum atomic E-state index is 12.6. The van der Waals surface area contributed by atoms with Gasteiger partial charge in [0.2, 0.25) is 0 Å². The van der Waals surface area contributed by atoms with E-state index in [1.807, 2.05) is 12.1 Å². The number of hydrogen-bond acceptors (Lipinski definition) is 2. The number of carboxylic acids is 1. The van der Waals surface area contributed by atoms with Gasteiger partial charge in [-0.25, -0.2) is 4.79 Å². The third-order valence-corrected chi connectivity index (χ3v) is 4.39. The van der Waals surface area contributed by atoms with Crippen molar-refractivity contribution in [3.05, 3.63) is 61.6 Å². The van der Waals surface area contributed by atoms with Crippen molar-refractivity contribution in [3.63, 3.8) is 0 Å². The molecule has 0 saturated carbocycles. The van der Waals surface area contributed by atoms with Crippen LogP contribution >= 0.6 is 38.5 Å². The predicted molar refractivity (Wildman–Crippen MR) is 93.0 cm³/mol. The van der Waals surface area contributed by atoms with Crippen molar-refractivity contribution < 1.29 is 14.7 Å². The zero-order valence-corrected chi connectivity index (χ0v) is 14.8. The summed E-state index contributed by atoms with van der Waals surface area (Å²) >= 11 is 5.42. The number of benzene rings is 2. The number of carbonyl (C=O) groups excluding carboxylic acids is 1. The highest BCUT2D eigenvalue weighted by Crippen LogP contribution is 2.24. The van der Waals surface area contributed by atoms with Crippen LogP contribution in [0, 0.1) is 3.57 Å². The van der Waals surface area contributed by atoms with Crippen LogP contribution in [0.4, 0.5) is 5.69 Å². The summed E-state index contributed by atoms with van der Waals surface area (Å²) in [6.45, 7) is 0. The molecule has 0 radical (unpaired) electrons. The Morgan fingerprint density at radius 1 is 1.14 bits per heavy atom. The lowest BCUT2D eigenvalue weighted by Gasteiger charge is -2.20. The fraction of sp³-hybridized carbons (Fsp3) is 0.0667. The predicted octanol–water partition coefficient (Wildman–Crippen LogP) is 4.03. The highest BCUT2D eigenvalue weighted by Gasteiger charge is 2.20. The second kappa shape index (κ2) is 6.57. The quantitative estimate of drug-likeness (QED) is 0.705. The van der Waals surface area contributed by atoms with Gasteiger partial charge in [0.05, 0.1) is 16.8 Å².